The molecule has 29 heavy (non-hydrogen) atoms. The number of amides is 1. The molecule has 7 heteroatoms. The van der Waals surface area contributed by atoms with Crippen LogP contribution in [0.3, 0.4) is 0 Å². The third-order valence-corrected chi connectivity index (χ3v) is 4.90. The number of imidazole rings is 1. The molecule has 3 aromatic rings. The van der Waals surface area contributed by atoms with Gasteiger partial charge in [0, 0.05) is 6.04 Å². The number of hydrogen-bond acceptors (Lipinski definition) is 3. The molecule has 3 rings (SSSR count). The third-order valence-electron chi connectivity index (χ3n) is 4.90. The lowest BCUT2D eigenvalue weighted by atomic mass is 9.94. The largest absolute Gasteiger partial charge is 0.346 e. The Morgan fingerprint density at radius 3 is 2.28 bits per heavy atom. The van der Waals surface area contributed by atoms with Crippen LogP contribution in [0.25, 0.3) is 11.0 Å². The molecule has 0 aliphatic heterocycles. The number of fused-ring (bicyclic) bond motifs is 1. The zero-order valence-corrected chi connectivity index (χ0v) is 18.6. The Morgan fingerprint density at radius 2 is 1.66 bits per heavy atom. The summed E-state index contributed by atoms with van der Waals surface area (Å²) in [5.41, 5.74) is 9.18. The van der Waals surface area contributed by atoms with Crippen LogP contribution < -0.4 is 11.1 Å². The zero-order chi connectivity index (χ0) is 19.4. The molecule has 1 aromatic heterocycles. The molecule has 2 aromatic carbocycles. The molecule has 1 amide bonds. The van der Waals surface area contributed by atoms with Crippen molar-refractivity contribution in [1.29, 1.82) is 0 Å². The van der Waals surface area contributed by atoms with Gasteiger partial charge in [0.15, 0.2) is 0 Å². The van der Waals surface area contributed by atoms with Gasteiger partial charge >= 0.3 is 0 Å². The Labute approximate surface area is 184 Å². The van der Waals surface area contributed by atoms with Gasteiger partial charge < -0.3 is 16.0 Å². The number of benzene rings is 2. The van der Waals surface area contributed by atoms with E-state index in [2.05, 4.69) is 29.1 Å². The second-order valence-corrected chi connectivity index (χ2v) is 7.56. The number of para-hydroxylation sites is 2. The van der Waals surface area contributed by atoms with Gasteiger partial charge in [-0.1, -0.05) is 63.2 Å². The summed E-state index contributed by atoms with van der Waals surface area (Å²) < 4.78 is 0. The van der Waals surface area contributed by atoms with Gasteiger partial charge in [-0.3, -0.25) is 4.79 Å². The predicted molar refractivity (Wildman–Crippen MR) is 123 cm³/mol. The first-order chi connectivity index (χ1) is 13.0. The number of halogens is 2. The number of rotatable bonds is 7. The summed E-state index contributed by atoms with van der Waals surface area (Å²) in [6.07, 6.45) is 0.804. The summed E-state index contributed by atoms with van der Waals surface area (Å²) in [5, 5.41) is 3.16. The summed E-state index contributed by atoms with van der Waals surface area (Å²) in [4.78, 5) is 20.9. The zero-order valence-electron chi connectivity index (χ0n) is 17.0. The number of H-pyrrole nitrogens is 1. The number of aromatic amines is 1. The van der Waals surface area contributed by atoms with Crippen LogP contribution in [0.1, 0.15) is 50.7 Å². The van der Waals surface area contributed by atoms with Crippen LogP contribution >= 0.6 is 24.8 Å². The van der Waals surface area contributed by atoms with E-state index < -0.39 is 0 Å². The van der Waals surface area contributed by atoms with E-state index in [-0.39, 0.29) is 48.7 Å². The highest BCUT2D eigenvalue weighted by atomic mass is 35.5. The van der Waals surface area contributed by atoms with E-state index >= 15 is 0 Å². The molecular weight excluding hydrogens is 407 g/mol. The van der Waals surface area contributed by atoms with Crippen LogP contribution in [0.4, 0.5) is 0 Å². The van der Waals surface area contributed by atoms with Gasteiger partial charge in [0.1, 0.15) is 5.82 Å². The standard InChI is InChI=1S/C22H28N4O.2ClH/c1-14(2)13-19(21-24-17-11-7-8-12-18(17)25-21)26-22(27)15(3)20(23)16-9-5-4-6-10-16;;/h4-12,14-15,19-20H,13,23H2,1-3H3,(H,24,25)(H,26,27);2*1H. The van der Waals surface area contributed by atoms with Gasteiger partial charge in [-0.15, -0.1) is 24.8 Å². The minimum Gasteiger partial charge on any atom is -0.346 e. The fourth-order valence-corrected chi connectivity index (χ4v) is 3.28. The topological polar surface area (TPSA) is 83.8 Å². The quantitative estimate of drug-likeness (QED) is 0.489. The number of carbonyl (C=O) groups is 1. The number of carbonyl (C=O) groups excluding carboxylic acids is 1. The van der Waals surface area contributed by atoms with Crippen molar-refractivity contribution in [3.63, 3.8) is 0 Å². The summed E-state index contributed by atoms with van der Waals surface area (Å²) in [6.45, 7) is 6.15. The lowest BCUT2D eigenvalue weighted by molar-refractivity contribution is -0.126. The lowest BCUT2D eigenvalue weighted by Crippen LogP contribution is -2.38. The lowest BCUT2D eigenvalue weighted by Gasteiger charge is -2.24. The van der Waals surface area contributed by atoms with Crippen molar-refractivity contribution < 1.29 is 4.79 Å². The van der Waals surface area contributed by atoms with E-state index in [4.69, 9.17) is 5.73 Å². The normalized spacial score (nSPS) is 13.8. The van der Waals surface area contributed by atoms with Gasteiger partial charge in [0.25, 0.3) is 0 Å². The Hall–Kier alpha value is -2.08. The minimum absolute atomic E-state index is 0. The van der Waals surface area contributed by atoms with Gasteiger partial charge in [-0.2, -0.15) is 0 Å². The van der Waals surface area contributed by atoms with Crippen molar-refractivity contribution in [2.45, 2.75) is 39.3 Å². The van der Waals surface area contributed by atoms with Crippen molar-refractivity contribution in [2.75, 3.05) is 0 Å². The molecule has 158 valence electrons. The average molecular weight is 437 g/mol. The molecule has 0 aliphatic rings. The number of nitrogens with two attached hydrogens (primary N) is 1. The molecule has 5 nitrogen and oxygen atoms in total. The van der Waals surface area contributed by atoms with E-state index in [1.165, 1.54) is 0 Å². The Balaban J connectivity index is 0.00000210. The van der Waals surface area contributed by atoms with Crippen LogP contribution in [-0.2, 0) is 4.79 Å². The first kappa shape index (κ1) is 25.0. The number of hydrogen-bond donors (Lipinski definition) is 3. The minimum atomic E-state index is -0.346. The van der Waals surface area contributed by atoms with E-state index in [0.717, 1.165) is 28.8 Å². The highest BCUT2D eigenvalue weighted by Crippen LogP contribution is 2.24. The molecule has 0 bridgehead atoms. The maximum absolute atomic E-state index is 12.9. The van der Waals surface area contributed by atoms with Gasteiger partial charge in [0.05, 0.1) is 23.0 Å². The fraction of sp³-hybridized carbons (Fsp3) is 0.364. The highest BCUT2D eigenvalue weighted by molar-refractivity contribution is 5.85. The van der Waals surface area contributed by atoms with Gasteiger partial charge in [0.2, 0.25) is 5.91 Å². The molecule has 3 atom stereocenters. The van der Waals surface area contributed by atoms with Crippen LogP contribution in [0, 0.1) is 11.8 Å². The molecule has 0 saturated heterocycles. The summed E-state index contributed by atoms with van der Waals surface area (Å²) in [7, 11) is 0. The first-order valence-electron chi connectivity index (χ1n) is 9.51. The molecular formula is C22H30Cl2N4O. The van der Waals surface area contributed by atoms with Crippen molar-refractivity contribution in [1.82, 2.24) is 15.3 Å². The first-order valence-corrected chi connectivity index (χ1v) is 9.51. The molecule has 1 heterocycles. The Bertz CT molecular complexity index is 865. The van der Waals surface area contributed by atoms with Crippen molar-refractivity contribution in [3.8, 4) is 0 Å². The third kappa shape index (κ3) is 6.20. The average Bonchev–Trinajstić information content (AvgIpc) is 3.10. The van der Waals surface area contributed by atoms with E-state index in [1.54, 1.807) is 0 Å². The van der Waals surface area contributed by atoms with Gasteiger partial charge in [-0.05, 0) is 30.0 Å². The smallest absolute Gasteiger partial charge is 0.225 e. The maximum atomic E-state index is 12.9. The predicted octanol–water partition coefficient (Wildman–Crippen LogP) is 4.95. The maximum Gasteiger partial charge on any atom is 0.225 e. The Morgan fingerprint density at radius 1 is 1.03 bits per heavy atom. The van der Waals surface area contributed by atoms with E-state index in [1.807, 2.05) is 61.5 Å². The molecule has 3 unspecified atom stereocenters. The van der Waals surface area contributed by atoms with Gasteiger partial charge in [-0.25, -0.2) is 4.98 Å². The van der Waals surface area contributed by atoms with Crippen molar-refractivity contribution >= 4 is 41.8 Å². The number of nitrogens with zero attached hydrogens (tertiary/aromatic N) is 1. The SMILES string of the molecule is CC(C)CC(NC(=O)C(C)C(N)c1ccccc1)c1nc2ccccc2[nH]1.Cl.Cl. The molecule has 0 saturated carbocycles. The summed E-state index contributed by atoms with van der Waals surface area (Å²) in [6, 6.07) is 17.1. The number of aromatic nitrogens is 2. The molecule has 4 N–H and O–H groups in total. The van der Waals surface area contributed by atoms with E-state index in [9.17, 15) is 4.79 Å². The van der Waals surface area contributed by atoms with Crippen molar-refractivity contribution in [2.24, 2.45) is 17.6 Å². The second-order valence-electron chi connectivity index (χ2n) is 7.56. The highest BCUT2D eigenvalue weighted by Gasteiger charge is 2.26. The Kier molecular flexibility index (Phi) is 9.63. The van der Waals surface area contributed by atoms with Crippen LogP contribution in [0.2, 0.25) is 0 Å². The van der Waals surface area contributed by atoms with Crippen LogP contribution in [0.15, 0.2) is 54.6 Å². The second kappa shape index (κ2) is 11.2. The molecule has 0 fully saturated rings. The molecule has 0 aliphatic carbocycles. The van der Waals surface area contributed by atoms with Crippen molar-refractivity contribution in [3.05, 3.63) is 66.0 Å². The summed E-state index contributed by atoms with van der Waals surface area (Å²) in [5.74, 6) is 0.809. The van der Waals surface area contributed by atoms with Crippen LogP contribution in [-0.4, -0.2) is 15.9 Å². The molecule has 0 radical (unpaired) electrons. The van der Waals surface area contributed by atoms with E-state index in [0.29, 0.717) is 5.92 Å². The fourth-order valence-electron chi connectivity index (χ4n) is 3.28. The molecule has 0 spiro atoms. The van der Waals surface area contributed by atoms with Crippen LogP contribution in [0.5, 0.6) is 0 Å². The summed E-state index contributed by atoms with van der Waals surface area (Å²) >= 11 is 0. The monoisotopic (exact) mass is 436 g/mol. The number of nitrogens with one attached hydrogen (secondary N) is 2.